The minimum atomic E-state index is -1.22. The van der Waals surface area contributed by atoms with Crippen molar-refractivity contribution in [3.8, 4) is 5.69 Å². The number of carboxylic acid groups (broad SMARTS) is 1. The highest BCUT2D eigenvalue weighted by Gasteiger charge is 2.19. The molecule has 0 atom stereocenters. The SMILES string of the molecule is CCc1cc(CC)n(-c2ccc([N+](=O)[O-])cc2C(=O)O)n1. The van der Waals surface area contributed by atoms with Crippen LogP contribution in [-0.2, 0) is 12.8 Å². The first-order valence-electron chi connectivity index (χ1n) is 6.57. The summed E-state index contributed by atoms with van der Waals surface area (Å²) >= 11 is 0. The molecule has 110 valence electrons. The van der Waals surface area contributed by atoms with E-state index in [0.29, 0.717) is 12.1 Å². The summed E-state index contributed by atoms with van der Waals surface area (Å²) in [6.45, 7) is 3.90. The van der Waals surface area contributed by atoms with Crippen LogP contribution in [0.25, 0.3) is 5.69 Å². The van der Waals surface area contributed by atoms with Gasteiger partial charge in [0.25, 0.3) is 5.69 Å². The zero-order valence-corrected chi connectivity index (χ0v) is 11.7. The van der Waals surface area contributed by atoms with E-state index >= 15 is 0 Å². The monoisotopic (exact) mass is 289 g/mol. The number of benzene rings is 1. The fourth-order valence-corrected chi connectivity index (χ4v) is 2.10. The minimum Gasteiger partial charge on any atom is -0.478 e. The molecule has 7 heteroatoms. The zero-order valence-electron chi connectivity index (χ0n) is 11.7. The van der Waals surface area contributed by atoms with Gasteiger partial charge in [-0.1, -0.05) is 13.8 Å². The van der Waals surface area contributed by atoms with Crippen molar-refractivity contribution >= 4 is 11.7 Å². The highest BCUT2D eigenvalue weighted by Crippen LogP contribution is 2.23. The number of hydrogen-bond acceptors (Lipinski definition) is 4. The molecule has 0 saturated carbocycles. The third-order valence-corrected chi connectivity index (χ3v) is 3.21. The molecule has 0 unspecified atom stereocenters. The Balaban J connectivity index is 2.65. The molecule has 0 radical (unpaired) electrons. The van der Waals surface area contributed by atoms with Crippen molar-refractivity contribution in [2.75, 3.05) is 0 Å². The number of non-ortho nitro benzene ring substituents is 1. The van der Waals surface area contributed by atoms with Crippen LogP contribution < -0.4 is 0 Å². The molecule has 0 amide bonds. The number of nitrogens with zero attached hydrogens (tertiary/aromatic N) is 3. The summed E-state index contributed by atoms with van der Waals surface area (Å²) in [6, 6.07) is 5.68. The van der Waals surface area contributed by atoms with Crippen LogP contribution >= 0.6 is 0 Å². The molecule has 0 saturated heterocycles. The van der Waals surface area contributed by atoms with Crippen LogP contribution in [0.4, 0.5) is 5.69 Å². The normalized spacial score (nSPS) is 10.6. The van der Waals surface area contributed by atoms with Gasteiger partial charge in [-0.15, -0.1) is 0 Å². The van der Waals surface area contributed by atoms with Gasteiger partial charge in [0.2, 0.25) is 0 Å². The Morgan fingerprint density at radius 1 is 1.33 bits per heavy atom. The maximum Gasteiger partial charge on any atom is 0.338 e. The van der Waals surface area contributed by atoms with E-state index in [1.54, 1.807) is 4.68 Å². The highest BCUT2D eigenvalue weighted by atomic mass is 16.6. The van der Waals surface area contributed by atoms with E-state index in [0.717, 1.165) is 23.9 Å². The van der Waals surface area contributed by atoms with Crippen molar-refractivity contribution in [3.63, 3.8) is 0 Å². The van der Waals surface area contributed by atoms with Gasteiger partial charge in [-0.05, 0) is 25.0 Å². The number of hydrogen-bond donors (Lipinski definition) is 1. The quantitative estimate of drug-likeness (QED) is 0.673. The molecule has 1 aromatic heterocycles. The van der Waals surface area contributed by atoms with Gasteiger partial charge in [-0.3, -0.25) is 10.1 Å². The summed E-state index contributed by atoms with van der Waals surface area (Å²) < 4.78 is 1.55. The molecule has 0 aliphatic rings. The van der Waals surface area contributed by atoms with Crippen LogP contribution in [0.1, 0.15) is 35.6 Å². The second-order valence-corrected chi connectivity index (χ2v) is 4.51. The van der Waals surface area contributed by atoms with E-state index in [2.05, 4.69) is 5.10 Å². The molecule has 2 rings (SSSR count). The molecule has 0 fully saturated rings. The third-order valence-electron chi connectivity index (χ3n) is 3.21. The van der Waals surface area contributed by atoms with Crippen LogP contribution in [0.2, 0.25) is 0 Å². The standard InChI is InChI=1S/C14H15N3O4/c1-3-9-7-10(4-2)16(15-9)13-6-5-11(17(20)21)8-12(13)14(18)19/h5-8H,3-4H2,1-2H3,(H,18,19). The topological polar surface area (TPSA) is 98.3 Å². The average Bonchev–Trinajstić information content (AvgIpc) is 2.89. The summed E-state index contributed by atoms with van der Waals surface area (Å²) in [4.78, 5) is 21.6. The lowest BCUT2D eigenvalue weighted by molar-refractivity contribution is -0.384. The number of aryl methyl sites for hydroxylation is 2. The van der Waals surface area contributed by atoms with Crippen LogP contribution in [0.5, 0.6) is 0 Å². The maximum absolute atomic E-state index is 11.4. The van der Waals surface area contributed by atoms with E-state index < -0.39 is 10.9 Å². The number of aromatic nitrogens is 2. The van der Waals surface area contributed by atoms with Crippen molar-refractivity contribution in [1.82, 2.24) is 9.78 Å². The second kappa shape index (κ2) is 5.74. The maximum atomic E-state index is 11.4. The van der Waals surface area contributed by atoms with Gasteiger partial charge in [0.05, 0.1) is 21.9 Å². The Bertz CT molecular complexity index is 706. The van der Waals surface area contributed by atoms with Crippen molar-refractivity contribution in [2.45, 2.75) is 26.7 Å². The summed E-state index contributed by atoms with van der Waals surface area (Å²) in [5.41, 5.74) is 1.66. The molecule has 7 nitrogen and oxygen atoms in total. The predicted molar refractivity (Wildman–Crippen MR) is 75.9 cm³/mol. The van der Waals surface area contributed by atoms with Crippen molar-refractivity contribution in [2.24, 2.45) is 0 Å². The first-order valence-corrected chi connectivity index (χ1v) is 6.57. The van der Waals surface area contributed by atoms with Gasteiger partial charge in [0.1, 0.15) is 0 Å². The third kappa shape index (κ3) is 2.76. The van der Waals surface area contributed by atoms with Crippen LogP contribution in [-0.4, -0.2) is 25.8 Å². The molecule has 0 spiro atoms. The lowest BCUT2D eigenvalue weighted by atomic mass is 10.1. The fraction of sp³-hybridized carbons (Fsp3) is 0.286. The first-order chi connectivity index (χ1) is 9.97. The summed E-state index contributed by atoms with van der Waals surface area (Å²) in [6.07, 6.45) is 1.42. The van der Waals surface area contributed by atoms with E-state index in [1.165, 1.54) is 12.1 Å². The first kappa shape index (κ1) is 14.7. The number of nitro groups is 1. The summed E-state index contributed by atoms with van der Waals surface area (Å²) in [7, 11) is 0. The van der Waals surface area contributed by atoms with Crippen LogP contribution in [0.3, 0.4) is 0 Å². The number of aromatic carboxylic acids is 1. The smallest absolute Gasteiger partial charge is 0.338 e. The molecule has 1 heterocycles. The number of carbonyl (C=O) groups is 1. The zero-order chi connectivity index (χ0) is 15.6. The Labute approximate surface area is 121 Å². The molecular weight excluding hydrogens is 274 g/mol. The van der Waals surface area contributed by atoms with Crippen LogP contribution in [0, 0.1) is 10.1 Å². The van der Waals surface area contributed by atoms with Crippen LogP contribution in [0.15, 0.2) is 24.3 Å². The molecular formula is C14H15N3O4. The minimum absolute atomic E-state index is 0.135. The lowest BCUT2D eigenvalue weighted by Crippen LogP contribution is -2.09. The summed E-state index contributed by atoms with van der Waals surface area (Å²) in [5.74, 6) is -1.22. The molecule has 2 aromatic rings. The largest absolute Gasteiger partial charge is 0.478 e. The van der Waals surface area contributed by atoms with E-state index in [1.807, 2.05) is 19.9 Å². The van der Waals surface area contributed by atoms with Gasteiger partial charge >= 0.3 is 5.97 Å². The molecule has 0 aliphatic carbocycles. The number of carboxylic acids is 1. The Hall–Kier alpha value is -2.70. The van der Waals surface area contributed by atoms with Gasteiger partial charge in [0, 0.05) is 17.8 Å². The highest BCUT2D eigenvalue weighted by molar-refractivity contribution is 5.92. The van der Waals surface area contributed by atoms with Crippen molar-refractivity contribution in [3.05, 3.63) is 51.3 Å². The fourth-order valence-electron chi connectivity index (χ4n) is 2.10. The Kier molecular flexibility index (Phi) is 4.02. The number of nitro benzene ring substituents is 1. The van der Waals surface area contributed by atoms with E-state index in [-0.39, 0.29) is 11.3 Å². The lowest BCUT2D eigenvalue weighted by Gasteiger charge is -2.09. The van der Waals surface area contributed by atoms with Crippen molar-refractivity contribution in [1.29, 1.82) is 0 Å². The van der Waals surface area contributed by atoms with Gasteiger partial charge in [-0.2, -0.15) is 5.10 Å². The Morgan fingerprint density at radius 3 is 2.57 bits per heavy atom. The van der Waals surface area contributed by atoms with Crippen molar-refractivity contribution < 1.29 is 14.8 Å². The Morgan fingerprint density at radius 2 is 2.05 bits per heavy atom. The van der Waals surface area contributed by atoms with Gasteiger partial charge in [-0.25, -0.2) is 9.48 Å². The molecule has 21 heavy (non-hydrogen) atoms. The van der Waals surface area contributed by atoms with E-state index in [4.69, 9.17) is 0 Å². The molecule has 1 aromatic carbocycles. The van der Waals surface area contributed by atoms with E-state index in [9.17, 15) is 20.0 Å². The van der Waals surface area contributed by atoms with Gasteiger partial charge < -0.3 is 5.11 Å². The summed E-state index contributed by atoms with van der Waals surface area (Å²) in [5, 5.41) is 24.5. The second-order valence-electron chi connectivity index (χ2n) is 4.51. The average molecular weight is 289 g/mol. The predicted octanol–water partition coefficient (Wildman–Crippen LogP) is 2.60. The molecule has 1 N–H and O–H groups in total. The number of rotatable bonds is 5. The molecule has 0 aliphatic heterocycles. The van der Waals surface area contributed by atoms with Gasteiger partial charge in [0.15, 0.2) is 0 Å². The molecule has 0 bridgehead atoms.